The smallest absolute Gasteiger partial charge is 0.194 e. The van der Waals surface area contributed by atoms with Gasteiger partial charge in [-0.25, -0.2) is 32.2 Å². The molecule has 0 saturated heterocycles. The Hall–Kier alpha value is -3.75. The van der Waals surface area contributed by atoms with Crippen LogP contribution in [-0.4, -0.2) is 24.3 Å². The number of benzene rings is 2. The molecule has 2 aromatic carbocycles. The molecular weight excluding hydrogens is 434 g/mol. The number of hydrogen-bond donors (Lipinski definition) is 0. The van der Waals surface area contributed by atoms with E-state index >= 15 is 0 Å². The molecule has 3 heterocycles. The van der Waals surface area contributed by atoms with Gasteiger partial charge in [0.15, 0.2) is 23.3 Å². The topological polar surface area (TPSA) is 48.5 Å². The molecule has 4 aromatic rings. The lowest BCUT2D eigenvalue weighted by atomic mass is 9.91. The number of nitrogens with zero attached hydrogens (tertiary/aromatic N) is 5. The van der Waals surface area contributed by atoms with E-state index in [1.54, 1.807) is 46.1 Å². The molecule has 1 aliphatic heterocycles. The van der Waals surface area contributed by atoms with Crippen molar-refractivity contribution < 1.29 is 17.6 Å². The van der Waals surface area contributed by atoms with Gasteiger partial charge in [-0.1, -0.05) is 12.1 Å². The minimum Gasteiger partial charge on any atom is -0.303 e. The molecule has 0 saturated carbocycles. The highest BCUT2D eigenvalue weighted by molar-refractivity contribution is 5.67. The number of imidazole rings is 1. The van der Waals surface area contributed by atoms with Gasteiger partial charge in [0.2, 0.25) is 0 Å². The van der Waals surface area contributed by atoms with Gasteiger partial charge in [-0.15, -0.1) is 0 Å². The van der Waals surface area contributed by atoms with Crippen molar-refractivity contribution in [2.24, 2.45) is 0 Å². The van der Waals surface area contributed by atoms with Crippen molar-refractivity contribution in [1.29, 1.82) is 0 Å². The second kappa shape index (κ2) is 8.31. The third-order valence-electron chi connectivity index (χ3n) is 5.69. The fourth-order valence-corrected chi connectivity index (χ4v) is 4.09. The molecule has 1 atom stereocenters. The molecule has 9 heteroatoms. The highest BCUT2D eigenvalue weighted by atomic mass is 19.2. The minimum absolute atomic E-state index is 0.322. The van der Waals surface area contributed by atoms with E-state index in [1.807, 2.05) is 6.92 Å². The number of aromatic nitrogens is 5. The third-order valence-corrected chi connectivity index (χ3v) is 5.69. The van der Waals surface area contributed by atoms with E-state index in [9.17, 15) is 17.6 Å². The maximum Gasteiger partial charge on any atom is 0.194 e. The molecule has 1 aliphatic rings. The van der Waals surface area contributed by atoms with Gasteiger partial charge in [-0.3, -0.25) is 0 Å². The van der Waals surface area contributed by atoms with E-state index in [4.69, 9.17) is 0 Å². The van der Waals surface area contributed by atoms with Crippen LogP contribution < -0.4 is 0 Å². The highest BCUT2D eigenvalue weighted by Gasteiger charge is 2.27. The molecule has 0 radical (unpaired) electrons. The molecule has 0 fully saturated rings. The Bertz CT molecular complexity index is 1350. The lowest BCUT2D eigenvalue weighted by Crippen LogP contribution is -2.18. The van der Waals surface area contributed by atoms with Crippen LogP contribution in [0.3, 0.4) is 0 Å². The fraction of sp³-hybridized carbons (Fsp3) is 0.208. The van der Waals surface area contributed by atoms with Crippen molar-refractivity contribution in [3.63, 3.8) is 0 Å². The van der Waals surface area contributed by atoms with Gasteiger partial charge in [0, 0.05) is 18.7 Å². The third kappa shape index (κ3) is 4.06. The number of hydrogen-bond acceptors (Lipinski definition) is 3. The van der Waals surface area contributed by atoms with Gasteiger partial charge in [0.1, 0.15) is 11.6 Å². The van der Waals surface area contributed by atoms with Crippen LogP contribution in [0.1, 0.15) is 47.2 Å². The summed E-state index contributed by atoms with van der Waals surface area (Å²) in [5.41, 5.74) is 2.13. The molecule has 1 unspecified atom stereocenters. The lowest BCUT2D eigenvalue weighted by Gasteiger charge is -2.22. The Morgan fingerprint density at radius 3 is 2.48 bits per heavy atom. The summed E-state index contributed by atoms with van der Waals surface area (Å²) >= 11 is 0. The Morgan fingerprint density at radius 1 is 1.00 bits per heavy atom. The maximum atomic E-state index is 14.6. The second-order valence-electron chi connectivity index (χ2n) is 8.01. The number of fused-ring (bicyclic) bond motifs is 1. The monoisotopic (exact) mass is 453 g/mol. The quantitative estimate of drug-likeness (QED) is 0.306. The van der Waals surface area contributed by atoms with Crippen LogP contribution in [0, 0.1) is 30.2 Å². The largest absolute Gasteiger partial charge is 0.303 e. The molecule has 0 N–H and O–H groups in total. The predicted octanol–water partition coefficient (Wildman–Crippen LogP) is 5.42. The molecule has 168 valence electrons. The van der Waals surface area contributed by atoms with Crippen molar-refractivity contribution in [2.75, 3.05) is 0 Å². The molecular formula is C24H19F4N5. The Kier molecular flexibility index (Phi) is 5.32. The molecule has 0 spiro atoms. The Morgan fingerprint density at radius 2 is 1.79 bits per heavy atom. The standard InChI is InChI=1S/C24H19F4N5/c1-14-12-32(13-29-14)21-6-4-15(9-18(21)25)5-7-22-30-24-17(3-2-8-33(24)31-22)16-10-19(26)23(28)20(27)11-16/h4-7,9-13,17H,2-3,8H2,1H3/b7-5+. The Balaban J connectivity index is 1.40. The first kappa shape index (κ1) is 21.1. The number of aryl methyl sites for hydroxylation is 2. The molecule has 5 nitrogen and oxygen atoms in total. The first-order valence-corrected chi connectivity index (χ1v) is 10.5. The summed E-state index contributed by atoms with van der Waals surface area (Å²) in [7, 11) is 0. The molecule has 0 bridgehead atoms. The van der Waals surface area contributed by atoms with Gasteiger partial charge in [0.05, 0.1) is 17.7 Å². The van der Waals surface area contributed by atoms with Crippen LogP contribution in [0.4, 0.5) is 17.6 Å². The zero-order chi connectivity index (χ0) is 23.1. The van der Waals surface area contributed by atoms with Crippen molar-refractivity contribution >= 4 is 12.2 Å². The van der Waals surface area contributed by atoms with Gasteiger partial charge < -0.3 is 4.57 Å². The van der Waals surface area contributed by atoms with Crippen molar-refractivity contribution in [2.45, 2.75) is 32.2 Å². The van der Waals surface area contributed by atoms with E-state index < -0.39 is 29.2 Å². The zero-order valence-electron chi connectivity index (χ0n) is 17.6. The first-order chi connectivity index (χ1) is 15.9. The average molecular weight is 453 g/mol. The van der Waals surface area contributed by atoms with Crippen molar-refractivity contribution in [3.8, 4) is 5.69 Å². The maximum absolute atomic E-state index is 14.6. The number of halogens is 4. The van der Waals surface area contributed by atoms with Gasteiger partial charge >= 0.3 is 0 Å². The Labute approximate surface area is 187 Å². The fourth-order valence-electron chi connectivity index (χ4n) is 4.09. The molecule has 0 amide bonds. The van der Waals surface area contributed by atoms with Gasteiger partial charge in [-0.2, -0.15) is 5.10 Å². The molecule has 0 aliphatic carbocycles. The van der Waals surface area contributed by atoms with Crippen LogP contribution in [-0.2, 0) is 6.54 Å². The first-order valence-electron chi connectivity index (χ1n) is 10.5. The average Bonchev–Trinajstić information content (AvgIpc) is 3.41. The summed E-state index contributed by atoms with van der Waals surface area (Å²) in [6, 6.07) is 6.86. The lowest BCUT2D eigenvalue weighted by molar-refractivity contribution is 0.427. The summed E-state index contributed by atoms with van der Waals surface area (Å²) in [5.74, 6) is -3.77. The summed E-state index contributed by atoms with van der Waals surface area (Å²) in [6.45, 7) is 2.45. The van der Waals surface area contributed by atoms with E-state index in [2.05, 4.69) is 15.1 Å². The molecule has 2 aromatic heterocycles. The predicted molar refractivity (Wildman–Crippen MR) is 115 cm³/mol. The number of rotatable bonds is 4. The van der Waals surface area contributed by atoms with E-state index in [0.29, 0.717) is 41.4 Å². The summed E-state index contributed by atoms with van der Waals surface area (Å²) in [5, 5.41) is 4.45. The second-order valence-corrected chi connectivity index (χ2v) is 8.01. The van der Waals surface area contributed by atoms with Crippen LogP contribution in [0.25, 0.3) is 17.8 Å². The normalized spacial score (nSPS) is 15.8. The summed E-state index contributed by atoms with van der Waals surface area (Å²) in [4.78, 5) is 8.63. The van der Waals surface area contributed by atoms with E-state index in [0.717, 1.165) is 24.2 Å². The minimum atomic E-state index is -1.49. The van der Waals surface area contributed by atoms with Crippen LogP contribution in [0.2, 0.25) is 0 Å². The van der Waals surface area contributed by atoms with Crippen molar-refractivity contribution in [3.05, 3.63) is 94.6 Å². The zero-order valence-corrected chi connectivity index (χ0v) is 17.6. The SMILES string of the molecule is Cc1cn(-c2ccc(/C=C/c3nc4n(n3)CCCC4c3cc(F)c(F)c(F)c3)cc2F)cn1. The summed E-state index contributed by atoms with van der Waals surface area (Å²) < 4.78 is 58.8. The van der Waals surface area contributed by atoms with Gasteiger partial charge in [-0.05, 0) is 61.2 Å². The van der Waals surface area contributed by atoms with Crippen LogP contribution in [0.15, 0.2) is 42.9 Å². The summed E-state index contributed by atoms with van der Waals surface area (Å²) in [6.07, 6.45) is 8.00. The highest BCUT2D eigenvalue weighted by Crippen LogP contribution is 2.33. The van der Waals surface area contributed by atoms with E-state index in [-0.39, 0.29) is 0 Å². The molecule has 5 rings (SSSR count). The van der Waals surface area contributed by atoms with Gasteiger partial charge in [0.25, 0.3) is 0 Å². The van der Waals surface area contributed by atoms with Crippen molar-refractivity contribution in [1.82, 2.24) is 24.3 Å². The van der Waals surface area contributed by atoms with Crippen LogP contribution >= 0.6 is 0 Å². The van der Waals surface area contributed by atoms with E-state index in [1.165, 1.54) is 6.07 Å². The molecule has 33 heavy (non-hydrogen) atoms. The van der Waals surface area contributed by atoms with Crippen LogP contribution in [0.5, 0.6) is 0 Å².